The van der Waals surface area contributed by atoms with Crippen LogP contribution >= 0.6 is 23.5 Å². The van der Waals surface area contributed by atoms with Gasteiger partial charge in [0, 0.05) is 5.75 Å². The molecule has 0 bridgehead atoms. The lowest BCUT2D eigenvalue weighted by Crippen LogP contribution is -2.36. The van der Waals surface area contributed by atoms with Crippen LogP contribution in [0.2, 0.25) is 0 Å². The highest BCUT2D eigenvalue weighted by molar-refractivity contribution is 8.00. The molecule has 0 saturated carbocycles. The van der Waals surface area contributed by atoms with Crippen LogP contribution < -0.4 is 5.32 Å². The molecule has 0 aliphatic carbocycles. The Morgan fingerprint density at radius 1 is 1.59 bits per heavy atom. The smallest absolute Gasteiger partial charge is 0.321 e. The van der Waals surface area contributed by atoms with Crippen LogP contribution in [0.15, 0.2) is 0 Å². The van der Waals surface area contributed by atoms with E-state index in [4.69, 9.17) is 9.84 Å². The summed E-state index contributed by atoms with van der Waals surface area (Å²) in [6, 6.07) is -0.431. The summed E-state index contributed by atoms with van der Waals surface area (Å²) >= 11 is 3.15. The Morgan fingerprint density at radius 3 is 2.94 bits per heavy atom. The Bertz CT molecular complexity index is 275. The first kappa shape index (κ1) is 14.7. The van der Waals surface area contributed by atoms with Gasteiger partial charge in [0.25, 0.3) is 0 Å². The Morgan fingerprint density at radius 2 is 2.35 bits per heavy atom. The number of esters is 1. The van der Waals surface area contributed by atoms with Crippen LogP contribution in [0.4, 0.5) is 0 Å². The Kier molecular flexibility index (Phi) is 6.76. The van der Waals surface area contributed by atoms with Crippen molar-refractivity contribution < 1.29 is 19.4 Å². The molecule has 2 atom stereocenters. The van der Waals surface area contributed by atoms with Crippen molar-refractivity contribution in [1.82, 2.24) is 5.32 Å². The molecule has 17 heavy (non-hydrogen) atoms. The summed E-state index contributed by atoms with van der Waals surface area (Å²) in [7, 11) is 0. The van der Waals surface area contributed by atoms with Gasteiger partial charge in [-0.3, -0.25) is 14.9 Å². The summed E-state index contributed by atoms with van der Waals surface area (Å²) in [5.74, 6) is 0.832. The fraction of sp³-hybridized carbons (Fsp3) is 0.800. The predicted molar refractivity (Wildman–Crippen MR) is 69.4 cm³/mol. The zero-order valence-electron chi connectivity index (χ0n) is 9.68. The fourth-order valence-electron chi connectivity index (χ4n) is 1.39. The molecular weight excluding hydrogens is 262 g/mol. The molecule has 0 amide bonds. The molecule has 0 aromatic heterocycles. The lowest BCUT2D eigenvalue weighted by molar-refractivity contribution is -0.140. The van der Waals surface area contributed by atoms with Crippen molar-refractivity contribution in [3.63, 3.8) is 0 Å². The largest absolute Gasteiger partial charge is 0.480 e. The molecule has 0 unspecified atom stereocenters. The van der Waals surface area contributed by atoms with Gasteiger partial charge in [-0.05, 0) is 19.1 Å². The third-order valence-corrected chi connectivity index (χ3v) is 4.46. The van der Waals surface area contributed by atoms with E-state index >= 15 is 0 Å². The Labute approximate surface area is 109 Å². The van der Waals surface area contributed by atoms with Crippen LogP contribution in [-0.4, -0.2) is 52.3 Å². The minimum Gasteiger partial charge on any atom is -0.480 e. The van der Waals surface area contributed by atoms with Gasteiger partial charge < -0.3 is 9.84 Å². The zero-order chi connectivity index (χ0) is 12.7. The highest BCUT2D eigenvalue weighted by atomic mass is 32.2. The molecule has 1 aliphatic heterocycles. The monoisotopic (exact) mass is 279 g/mol. The minimum absolute atomic E-state index is 0.186. The number of carbonyl (C=O) groups is 2. The maximum absolute atomic E-state index is 11.0. The predicted octanol–water partition coefficient (Wildman–Crippen LogP) is 0.788. The number of carboxylic acids is 1. The molecule has 5 nitrogen and oxygen atoms in total. The number of hydrogen-bond acceptors (Lipinski definition) is 6. The molecular formula is C10H17NO4S2. The number of ether oxygens (including phenoxy) is 1. The van der Waals surface area contributed by atoms with Crippen molar-refractivity contribution >= 4 is 35.5 Å². The number of carbonyl (C=O) groups excluding carboxylic acids is 1. The summed E-state index contributed by atoms with van der Waals surface area (Å²) in [5, 5.41) is 12.0. The quantitative estimate of drug-likeness (QED) is 0.527. The van der Waals surface area contributed by atoms with Gasteiger partial charge in [0.1, 0.15) is 6.04 Å². The number of nitrogens with one attached hydrogen (secondary N) is 1. The second-order valence-electron chi connectivity index (χ2n) is 3.53. The van der Waals surface area contributed by atoms with Gasteiger partial charge >= 0.3 is 11.9 Å². The van der Waals surface area contributed by atoms with E-state index in [-0.39, 0.29) is 11.3 Å². The molecule has 0 radical (unpaired) electrons. The molecule has 0 aromatic carbocycles. The van der Waals surface area contributed by atoms with E-state index in [1.54, 1.807) is 18.7 Å². The second kappa shape index (κ2) is 7.84. The second-order valence-corrected chi connectivity index (χ2v) is 5.87. The molecule has 98 valence electrons. The summed E-state index contributed by atoms with van der Waals surface area (Å²) in [6.07, 6.45) is 0.860. The van der Waals surface area contributed by atoms with Crippen molar-refractivity contribution in [3.8, 4) is 0 Å². The molecule has 1 heterocycles. The molecule has 0 aromatic rings. The zero-order valence-corrected chi connectivity index (χ0v) is 11.3. The minimum atomic E-state index is -0.792. The van der Waals surface area contributed by atoms with Crippen LogP contribution in [0.25, 0.3) is 0 Å². The van der Waals surface area contributed by atoms with Gasteiger partial charge in [0.2, 0.25) is 0 Å². The molecule has 1 saturated heterocycles. The third-order valence-electron chi connectivity index (χ3n) is 2.20. The number of rotatable bonds is 7. The van der Waals surface area contributed by atoms with Crippen LogP contribution in [-0.2, 0) is 14.3 Å². The third kappa shape index (κ3) is 5.65. The molecule has 1 rings (SSSR count). The van der Waals surface area contributed by atoms with Crippen LogP contribution in [0.3, 0.4) is 0 Å². The number of carboxylic acid groups (broad SMARTS) is 1. The first-order valence-corrected chi connectivity index (χ1v) is 7.67. The van der Waals surface area contributed by atoms with E-state index in [1.165, 1.54) is 11.8 Å². The average molecular weight is 279 g/mol. The molecule has 7 heteroatoms. The van der Waals surface area contributed by atoms with Crippen molar-refractivity contribution in [3.05, 3.63) is 0 Å². The van der Waals surface area contributed by atoms with Crippen molar-refractivity contribution in [2.75, 3.05) is 23.9 Å². The topological polar surface area (TPSA) is 75.6 Å². The summed E-state index contributed by atoms with van der Waals surface area (Å²) in [5.41, 5.74) is 0. The normalized spacial score (nSPS) is 23.6. The van der Waals surface area contributed by atoms with E-state index < -0.39 is 12.0 Å². The summed E-state index contributed by atoms with van der Waals surface area (Å²) in [4.78, 5) is 21.7. The van der Waals surface area contributed by atoms with Crippen molar-refractivity contribution in [2.24, 2.45) is 0 Å². The average Bonchev–Trinajstić information content (AvgIpc) is 2.73. The first-order chi connectivity index (χ1) is 8.13. The van der Waals surface area contributed by atoms with Gasteiger partial charge in [-0.15, -0.1) is 11.8 Å². The Hall–Kier alpha value is -0.400. The maximum Gasteiger partial charge on any atom is 0.321 e. The van der Waals surface area contributed by atoms with E-state index in [0.717, 1.165) is 12.2 Å². The van der Waals surface area contributed by atoms with E-state index in [2.05, 4.69) is 5.32 Å². The molecule has 1 aliphatic rings. The van der Waals surface area contributed by atoms with Gasteiger partial charge in [0.05, 0.1) is 17.7 Å². The van der Waals surface area contributed by atoms with Gasteiger partial charge in [-0.1, -0.05) is 0 Å². The maximum atomic E-state index is 11.0. The Balaban J connectivity index is 2.04. The van der Waals surface area contributed by atoms with Crippen LogP contribution in [0, 0.1) is 0 Å². The number of hydrogen-bond donors (Lipinski definition) is 2. The van der Waals surface area contributed by atoms with Gasteiger partial charge in [-0.25, -0.2) is 0 Å². The molecule has 1 fully saturated rings. The lowest BCUT2D eigenvalue weighted by atomic mass is 10.3. The molecule has 0 spiro atoms. The van der Waals surface area contributed by atoms with E-state index in [9.17, 15) is 9.59 Å². The number of thioether (sulfide) groups is 2. The SMILES string of the molecule is CCOC(=O)CSCC[C@@H]1N[C@H](C(=O)O)CS1. The van der Waals surface area contributed by atoms with E-state index in [1.807, 2.05) is 0 Å². The van der Waals surface area contributed by atoms with Crippen LogP contribution in [0.5, 0.6) is 0 Å². The highest BCUT2D eigenvalue weighted by Gasteiger charge is 2.28. The summed E-state index contributed by atoms with van der Waals surface area (Å²) < 4.78 is 4.80. The number of aliphatic carboxylic acids is 1. The van der Waals surface area contributed by atoms with Gasteiger partial charge in [-0.2, -0.15) is 11.8 Å². The van der Waals surface area contributed by atoms with Crippen molar-refractivity contribution in [2.45, 2.75) is 24.8 Å². The highest BCUT2D eigenvalue weighted by Crippen LogP contribution is 2.22. The lowest BCUT2D eigenvalue weighted by Gasteiger charge is -2.10. The van der Waals surface area contributed by atoms with Crippen molar-refractivity contribution in [1.29, 1.82) is 0 Å². The standard InChI is InChI=1S/C10H17NO4S2/c1-2-15-9(12)6-16-4-3-8-11-7(5-17-8)10(13)14/h7-8,11H,2-6H2,1H3,(H,13,14)/t7-,8+/m0/s1. The fourth-order valence-corrected chi connectivity index (χ4v) is 3.55. The van der Waals surface area contributed by atoms with Crippen LogP contribution in [0.1, 0.15) is 13.3 Å². The van der Waals surface area contributed by atoms with E-state index in [0.29, 0.717) is 18.1 Å². The molecule has 2 N–H and O–H groups in total. The van der Waals surface area contributed by atoms with Gasteiger partial charge in [0.15, 0.2) is 0 Å². The first-order valence-electron chi connectivity index (χ1n) is 5.47. The summed E-state index contributed by atoms with van der Waals surface area (Å²) in [6.45, 7) is 2.20.